The van der Waals surface area contributed by atoms with Crippen molar-refractivity contribution in [1.82, 2.24) is 0 Å². The number of alkyl halides is 1. The Morgan fingerprint density at radius 1 is 0.895 bits per heavy atom. The monoisotopic (exact) mass is 289 g/mol. The first-order valence-corrected chi connectivity index (χ1v) is 9.02. The molecule has 0 aliphatic heterocycles. The van der Waals surface area contributed by atoms with Gasteiger partial charge in [0.2, 0.25) is 0 Å². The molecule has 1 nitrogen and oxygen atoms in total. The van der Waals surface area contributed by atoms with E-state index in [9.17, 15) is 0 Å². The lowest BCUT2D eigenvalue weighted by molar-refractivity contribution is 1.13. The van der Waals surface area contributed by atoms with E-state index < -0.39 is 8.80 Å². The summed E-state index contributed by atoms with van der Waals surface area (Å²) in [7, 11) is 2.87. The number of anilines is 1. The van der Waals surface area contributed by atoms with Crippen LogP contribution in [-0.4, -0.2) is 28.4 Å². The summed E-state index contributed by atoms with van der Waals surface area (Å²) in [6, 6.07) is 17.6. The molecule has 0 aromatic heterocycles. The molecular weight excluding hydrogens is 270 g/mol. The van der Waals surface area contributed by atoms with E-state index in [1.807, 2.05) is 0 Å². The summed E-state index contributed by atoms with van der Waals surface area (Å²) in [5.41, 5.74) is 3.27. The molecule has 2 aromatic rings. The summed E-state index contributed by atoms with van der Waals surface area (Å²) in [6.45, 7) is 2.12. The molecule has 0 fully saturated rings. The Labute approximate surface area is 122 Å². The van der Waals surface area contributed by atoms with Gasteiger partial charge in [-0.15, -0.1) is 11.6 Å². The molecule has 0 amide bonds. The summed E-state index contributed by atoms with van der Waals surface area (Å²) in [5, 5.41) is 2.82. The molecule has 0 saturated carbocycles. The van der Waals surface area contributed by atoms with Crippen molar-refractivity contribution in [1.29, 1.82) is 0 Å². The van der Waals surface area contributed by atoms with Crippen molar-refractivity contribution in [2.45, 2.75) is 6.92 Å². The minimum absolute atomic E-state index is 0.740. The molecule has 0 N–H and O–H groups in total. The summed E-state index contributed by atoms with van der Waals surface area (Å²) in [6.07, 6.45) is 0. The van der Waals surface area contributed by atoms with Gasteiger partial charge in [-0.2, -0.15) is 0 Å². The fraction of sp³-hybridized carbons (Fsp3) is 0.250. The van der Waals surface area contributed by atoms with Crippen LogP contribution in [0.25, 0.3) is 0 Å². The molecule has 2 aromatic carbocycles. The number of nitrogens with zero attached hydrogens (tertiary/aromatic N) is 1. The number of aryl methyl sites for hydroxylation is 1. The molecule has 19 heavy (non-hydrogen) atoms. The van der Waals surface area contributed by atoms with Crippen LogP contribution in [0.3, 0.4) is 0 Å². The van der Waals surface area contributed by atoms with Crippen molar-refractivity contribution in [3.05, 3.63) is 54.1 Å². The molecule has 1 unspecified atom stereocenters. The Hall–Kier alpha value is -1.25. The molecular formula is C16H20ClNSi. The Balaban J connectivity index is 2.28. The normalized spacial score (nSPS) is 12.2. The van der Waals surface area contributed by atoms with Crippen LogP contribution in [0.15, 0.2) is 48.5 Å². The van der Waals surface area contributed by atoms with E-state index in [0.717, 1.165) is 5.50 Å². The molecule has 0 heterocycles. The third-order valence-corrected chi connectivity index (χ3v) is 7.06. The molecule has 0 bridgehead atoms. The molecule has 2 rings (SSSR count). The quantitative estimate of drug-likeness (QED) is 0.616. The van der Waals surface area contributed by atoms with E-state index in [1.54, 1.807) is 0 Å². The maximum Gasteiger partial charge on any atom is 0.117 e. The first kappa shape index (κ1) is 14.2. The highest BCUT2D eigenvalue weighted by atomic mass is 35.5. The molecule has 100 valence electrons. The largest absolute Gasteiger partial charge is 0.378 e. The standard InChI is InChI=1S/C16H20ClNSi/c1-13-4-8-15(9-5-13)19(12-17)16-10-6-14(7-11-16)18(2)3/h4-11,19H,12H2,1-3H3. The van der Waals surface area contributed by atoms with Gasteiger partial charge in [-0.3, -0.25) is 0 Å². The SMILES string of the molecule is Cc1ccc([SiH](CCl)c2ccc(N(C)C)cc2)cc1. The van der Waals surface area contributed by atoms with E-state index >= 15 is 0 Å². The van der Waals surface area contributed by atoms with Crippen molar-refractivity contribution in [2.24, 2.45) is 0 Å². The van der Waals surface area contributed by atoms with Crippen molar-refractivity contribution in [3.63, 3.8) is 0 Å². The average molecular weight is 290 g/mol. The highest BCUT2D eigenvalue weighted by Crippen LogP contribution is 2.08. The van der Waals surface area contributed by atoms with Gasteiger partial charge in [-0.1, -0.05) is 52.3 Å². The first-order chi connectivity index (χ1) is 9.11. The van der Waals surface area contributed by atoms with Crippen LogP contribution < -0.4 is 15.3 Å². The van der Waals surface area contributed by atoms with Crippen LogP contribution in [0, 0.1) is 6.92 Å². The second-order valence-electron chi connectivity index (χ2n) is 5.10. The average Bonchev–Trinajstić information content (AvgIpc) is 2.42. The molecule has 0 radical (unpaired) electrons. The minimum Gasteiger partial charge on any atom is -0.378 e. The molecule has 3 heteroatoms. The highest BCUT2D eigenvalue weighted by Gasteiger charge is 2.15. The third kappa shape index (κ3) is 3.40. The van der Waals surface area contributed by atoms with E-state index in [2.05, 4.69) is 74.4 Å². The van der Waals surface area contributed by atoms with Crippen LogP contribution in [0.5, 0.6) is 0 Å². The summed E-state index contributed by atoms with van der Waals surface area (Å²) in [4.78, 5) is 2.12. The van der Waals surface area contributed by atoms with Gasteiger partial charge in [-0.25, -0.2) is 0 Å². The maximum absolute atomic E-state index is 6.23. The third-order valence-electron chi connectivity index (χ3n) is 3.45. The fourth-order valence-corrected chi connectivity index (χ4v) is 5.30. The van der Waals surface area contributed by atoms with Crippen LogP contribution >= 0.6 is 11.6 Å². The number of rotatable bonds is 4. The maximum atomic E-state index is 6.23. The highest BCUT2D eigenvalue weighted by molar-refractivity contribution is 6.89. The topological polar surface area (TPSA) is 3.24 Å². The molecule has 0 aliphatic rings. The van der Waals surface area contributed by atoms with Gasteiger partial charge < -0.3 is 4.90 Å². The van der Waals surface area contributed by atoms with E-state index in [0.29, 0.717) is 0 Å². The van der Waals surface area contributed by atoms with Crippen LogP contribution in [0.2, 0.25) is 0 Å². The van der Waals surface area contributed by atoms with E-state index in [-0.39, 0.29) is 0 Å². The van der Waals surface area contributed by atoms with Gasteiger partial charge in [-0.05, 0) is 19.1 Å². The van der Waals surface area contributed by atoms with Crippen molar-refractivity contribution >= 4 is 36.5 Å². The fourth-order valence-electron chi connectivity index (χ4n) is 2.17. The number of hydrogen-bond donors (Lipinski definition) is 0. The van der Waals surface area contributed by atoms with E-state index in [1.165, 1.54) is 21.6 Å². The second kappa shape index (κ2) is 6.26. The van der Waals surface area contributed by atoms with E-state index in [4.69, 9.17) is 11.6 Å². The Kier molecular flexibility index (Phi) is 4.67. The van der Waals surface area contributed by atoms with Gasteiger partial charge in [0.05, 0.1) is 0 Å². The summed E-state index contributed by atoms with van der Waals surface area (Å²) < 4.78 is 0. The summed E-state index contributed by atoms with van der Waals surface area (Å²) >= 11 is 6.23. The zero-order chi connectivity index (χ0) is 13.8. The Bertz CT molecular complexity index is 519. The summed E-state index contributed by atoms with van der Waals surface area (Å²) in [5.74, 6) is 0. The van der Waals surface area contributed by atoms with Gasteiger partial charge >= 0.3 is 0 Å². The predicted molar refractivity (Wildman–Crippen MR) is 89.1 cm³/mol. The van der Waals surface area contributed by atoms with Gasteiger partial charge in [0.25, 0.3) is 0 Å². The minimum atomic E-state index is -1.26. The molecule has 0 spiro atoms. The van der Waals surface area contributed by atoms with Gasteiger partial charge in [0.1, 0.15) is 8.80 Å². The molecule has 0 saturated heterocycles. The lowest BCUT2D eigenvalue weighted by atomic mass is 10.2. The Morgan fingerprint density at radius 3 is 1.79 bits per heavy atom. The molecule has 0 aliphatic carbocycles. The molecule has 1 atom stereocenters. The first-order valence-electron chi connectivity index (χ1n) is 6.51. The number of halogens is 1. The second-order valence-corrected chi connectivity index (χ2v) is 8.78. The van der Waals surface area contributed by atoms with Crippen LogP contribution in [-0.2, 0) is 0 Å². The van der Waals surface area contributed by atoms with Crippen molar-refractivity contribution < 1.29 is 0 Å². The van der Waals surface area contributed by atoms with Crippen LogP contribution in [0.1, 0.15) is 5.56 Å². The predicted octanol–water partition coefficient (Wildman–Crippen LogP) is 2.18. The van der Waals surface area contributed by atoms with Gasteiger partial charge in [0.15, 0.2) is 0 Å². The lowest BCUT2D eigenvalue weighted by Crippen LogP contribution is -2.44. The van der Waals surface area contributed by atoms with Gasteiger partial charge in [0, 0.05) is 25.3 Å². The van der Waals surface area contributed by atoms with Crippen LogP contribution in [0.4, 0.5) is 5.69 Å². The Morgan fingerprint density at radius 2 is 1.37 bits per heavy atom. The zero-order valence-electron chi connectivity index (χ0n) is 11.7. The number of benzene rings is 2. The zero-order valence-corrected chi connectivity index (χ0v) is 13.6. The smallest absolute Gasteiger partial charge is 0.117 e. The van der Waals surface area contributed by atoms with Crippen molar-refractivity contribution in [2.75, 3.05) is 24.5 Å². The van der Waals surface area contributed by atoms with Crippen molar-refractivity contribution in [3.8, 4) is 0 Å². The lowest BCUT2D eigenvalue weighted by Gasteiger charge is -2.16. The number of hydrogen-bond acceptors (Lipinski definition) is 1.